The number of aromatic nitrogens is 1. The number of aromatic amines is 1. The summed E-state index contributed by atoms with van der Waals surface area (Å²) in [4.78, 5) is 15.1. The van der Waals surface area contributed by atoms with Gasteiger partial charge in [-0.3, -0.25) is 4.79 Å². The molecule has 2 heteroatoms. The molecule has 0 aliphatic heterocycles. The summed E-state index contributed by atoms with van der Waals surface area (Å²) in [5.41, 5.74) is 3.27. The molecule has 0 atom stereocenters. The monoisotopic (exact) mass is 201 g/mol. The Labute approximate surface area is 89.0 Å². The van der Waals surface area contributed by atoms with Crippen LogP contribution in [0.3, 0.4) is 0 Å². The Kier molecular flexibility index (Phi) is 2.58. The predicted octanol–water partition coefficient (Wildman–Crippen LogP) is 2.65. The third kappa shape index (κ3) is 1.80. The summed E-state index contributed by atoms with van der Waals surface area (Å²) in [5.74, 6) is 0. The van der Waals surface area contributed by atoms with Crippen molar-refractivity contribution in [3.8, 4) is 0 Å². The molecule has 0 amide bonds. The lowest BCUT2D eigenvalue weighted by Crippen LogP contribution is -2.04. The molecule has 0 fully saturated rings. The number of rotatable bonds is 2. The van der Waals surface area contributed by atoms with Gasteiger partial charge in [0.25, 0.3) is 0 Å². The molecule has 2 nitrogen and oxygen atoms in total. The van der Waals surface area contributed by atoms with E-state index in [1.165, 1.54) is 5.56 Å². The maximum Gasteiger partial charge on any atom is 0.189 e. The van der Waals surface area contributed by atoms with Crippen molar-refractivity contribution < 1.29 is 0 Å². The Morgan fingerprint density at radius 3 is 2.60 bits per heavy atom. The average Bonchev–Trinajstić information content (AvgIpc) is 2.28. The Hall–Kier alpha value is -1.57. The first-order valence-corrected chi connectivity index (χ1v) is 5.39. The van der Waals surface area contributed by atoms with Gasteiger partial charge in [0.1, 0.15) is 0 Å². The fraction of sp³-hybridized carbons (Fsp3) is 0.308. The predicted molar refractivity (Wildman–Crippen MR) is 63.3 cm³/mol. The minimum absolute atomic E-state index is 0.121. The Morgan fingerprint density at radius 1 is 1.13 bits per heavy atom. The van der Waals surface area contributed by atoms with Gasteiger partial charge in [0.05, 0.1) is 0 Å². The van der Waals surface area contributed by atoms with Gasteiger partial charge in [0.15, 0.2) is 5.43 Å². The molecule has 78 valence electrons. The lowest BCUT2D eigenvalue weighted by molar-refractivity contribution is 1.05. The molecule has 2 aromatic rings. The minimum atomic E-state index is 0.121. The summed E-state index contributed by atoms with van der Waals surface area (Å²) in [6, 6.07) is 7.74. The minimum Gasteiger partial charge on any atom is -0.358 e. The van der Waals surface area contributed by atoms with Crippen molar-refractivity contribution in [1.29, 1.82) is 0 Å². The zero-order valence-electron chi connectivity index (χ0n) is 9.13. The van der Waals surface area contributed by atoms with E-state index in [1.807, 2.05) is 19.1 Å². The standard InChI is InChI=1S/C13H15NO/c1-3-9-5-6-12-11(7-9)13(15)8-10(4-2)14-12/h5-8H,3-4H2,1-2H3,(H,14,15). The molecule has 0 radical (unpaired) electrons. The van der Waals surface area contributed by atoms with E-state index >= 15 is 0 Å². The van der Waals surface area contributed by atoms with E-state index in [1.54, 1.807) is 6.07 Å². The number of pyridine rings is 1. The maximum atomic E-state index is 11.8. The quantitative estimate of drug-likeness (QED) is 0.796. The topological polar surface area (TPSA) is 32.9 Å². The van der Waals surface area contributed by atoms with E-state index in [4.69, 9.17) is 0 Å². The first kappa shape index (κ1) is 9.97. The summed E-state index contributed by atoms with van der Waals surface area (Å²) in [7, 11) is 0. The summed E-state index contributed by atoms with van der Waals surface area (Å²) >= 11 is 0. The first-order chi connectivity index (χ1) is 7.24. The fourth-order valence-corrected chi connectivity index (χ4v) is 1.76. The lowest BCUT2D eigenvalue weighted by Gasteiger charge is -2.03. The van der Waals surface area contributed by atoms with Crippen molar-refractivity contribution in [2.75, 3.05) is 0 Å². The van der Waals surface area contributed by atoms with Crippen molar-refractivity contribution in [2.45, 2.75) is 26.7 Å². The number of fused-ring (bicyclic) bond motifs is 1. The van der Waals surface area contributed by atoms with E-state index < -0.39 is 0 Å². The number of nitrogens with one attached hydrogen (secondary N) is 1. The van der Waals surface area contributed by atoms with Crippen LogP contribution >= 0.6 is 0 Å². The zero-order valence-corrected chi connectivity index (χ0v) is 9.13. The largest absolute Gasteiger partial charge is 0.358 e. The second kappa shape index (κ2) is 3.89. The van der Waals surface area contributed by atoms with Crippen molar-refractivity contribution in [2.24, 2.45) is 0 Å². The number of hydrogen-bond donors (Lipinski definition) is 1. The van der Waals surface area contributed by atoms with Gasteiger partial charge in [-0.15, -0.1) is 0 Å². The van der Waals surface area contributed by atoms with Crippen molar-refractivity contribution in [3.63, 3.8) is 0 Å². The van der Waals surface area contributed by atoms with E-state index in [0.717, 1.165) is 29.4 Å². The molecule has 0 aliphatic carbocycles. The third-order valence-electron chi connectivity index (χ3n) is 2.74. The molecule has 0 saturated carbocycles. The summed E-state index contributed by atoms with van der Waals surface area (Å²) in [6.45, 7) is 4.13. The van der Waals surface area contributed by atoms with Crippen molar-refractivity contribution in [3.05, 3.63) is 45.7 Å². The number of H-pyrrole nitrogens is 1. The third-order valence-corrected chi connectivity index (χ3v) is 2.74. The van der Waals surface area contributed by atoms with Crippen LogP contribution in [-0.4, -0.2) is 4.98 Å². The maximum absolute atomic E-state index is 11.8. The van der Waals surface area contributed by atoms with Crippen LogP contribution in [0, 0.1) is 0 Å². The van der Waals surface area contributed by atoms with Crippen LogP contribution in [0.2, 0.25) is 0 Å². The fourth-order valence-electron chi connectivity index (χ4n) is 1.76. The van der Waals surface area contributed by atoms with Crippen LogP contribution in [0.15, 0.2) is 29.1 Å². The molecule has 2 rings (SSSR count). The molecule has 1 aromatic heterocycles. The van der Waals surface area contributed by atoms with Gasteiger partial charge in [-0.2, -0.15) is 0 Å². The van der Waals surface area contributed by atoms with Gasteiger partial charge in [-0.1, -0.05) is 19.9 Å². The van der Waals surface area contributed by atoms with Gasteiger partial charge in [-0.25, -0.2) is 0 Å². The van der Waals surface area contributed by atoms with Crippen LogP contribution in [0.5, 0.6) is 0 Å². The van der Waals surface area contributed by atoms with Crippen molar-refractivity contribution in [1.82, 2.24) is 4.98 Å². The van der Waals surface area contributed by atoms with Crippen molar-refractivity contribution >= 4 is 10.9 Å². The second-order valence-corrected chi connectivity index (χ2v) is 3.75. The van der Waals surface area contributed by atoms with Gasteiger partial charge < -0.3 is 4.98 Å². The highest BCUT2D eigenvalue weighted by atomic mass is 16.1. The number of hydrogen-bond acceptors (Lipinski definition) is 1. The molecule has 0 spiro atoms. The highest BCUT2D eigenvalue weighted by Gasteiger charge is 2.01. The molecule has 0 bridgehead atoms. The van der Waals surface area contributed by atoms with Crippen LogP contribution in [-0.2, 0) is 12.8 Å². The van der Waals surface area contributed by atoms with E-state index in [-0.39, 0.29) is 5.43 Å². The molecular formula is C13H15NO. The van der Waals surface area contributed by atoms with Gasteiger partial charge in [0.2, 0.25) is 0 Å². The molecule has 0 saturated heterocycles. The number of aryl methyl sites for hydroxylation is 2. The van der Waals surface area contributed by atoms with E-state index in [0.29, 0.717) is 0 Å². The molecule has 0 unspecified atom stereocenters. The SMILES string of the molecule is CCc1ccc2[nH]c(CC)cc(=O)c2c1. The molecule has 0 aliphatic rings. The van der Waals surface area contributed by atoms with E-state index in [9.17, 15) is 4.79 Å². The van der Waals surface area contributed by atoms with Crippen LogP contribution in [0.4, 0.5) is 0 Å². The molecular weight excluding hydrogens is 186 g/mol. The average molecular weight is 201 g/mol. The Balaban J connectivity index is 2.74. The lowest BCUT2D eigenvalue weighted by atomic mass is 10.1. The molecule has 1 aromatic carbocycles. The van der Waals surface area contributed by atoms with Crippen LogP contribution in [0.1, 0.15) is 25.1 Å². The number of benzene rings is 1. The van der Waals surface area contributed by atoms with Gasteiger partial charge in [0, 0.05) is 22.7 Å². The molecule has 1 N–H and O–H groups in total. The Morgan fingerprint density at radius 2 is 1.93 bits per heavy atom. The normalized spacial score (nSPS) is 10.8. The zero-order chi connectivity index (χ0) is 10.8. The molecule has 1 heterocycles. The summed E-state index contributed by atoms with van der Waals surface area (Å²) in [5, 5.41) is 0.798. The van der Waals surface area contributed by atoms with Gasteiger partial charge >= 0.3 is 0 Å². The second-order valence-electron chi connectivity index (χ2n) is 3.75. The Bertz CT molecular complexity index is 540. The summed E-state index contributed by atoms with van der Waals surface area (Å²) < 4.78 is 0. The summed E-state index contributed by atoms with van der Waals surface area (Å²) in [6.07, 6.45) is 1.83. The smallest absolute Gasteiger partial charge is 0.189 e. The first-order valence-electron chi connectivity index (χ1n) is 5.39. The van der Waals surface area contributed by atoms with Crippen LogP contribution in [0.25, 0.3) is 10.9 Å². The van der Waals surface area contributed by atoms with Gasteiger partial charge in [-0.05, 0) is 30.5 Å². The highest BCUT2D eigenvalue weighted by molar-refractivity contribution is 5.79. The molecule has 15 heavy (non-hydrogen) atoms. The van der Waals surface area contributed by atoms with E-state index in [2.05, 4.69) is 18.0 Å². The highest BCUT2D eigenvalue weighted by Crippen LogP contribution is 2.11. The van der Waals surface area contributed by atoms with Crippen LogP contribution < -0.4 is 5.43 Å².